The molecule has 0 aliphatic heterocycles. The van der Waals surface area contributed by atoms with Gasteiger partial charge in [-0.25, -0.2) is 4.98 Å². The van der Waals surface area contributed by atoms with Crippen molar-refractivity contribution in [1.82, 2.24) is 9.97 Å². The first-order chi connectivity index (χ1) is 9.24. The first-order valence-electron chi connectivity index (χ1n) is 5.98. The molecule has 0 saturated heterocycles. The summed E-state index contributed by atoms with van der Waals surface area (Å²) in [4.78, 5) is 8.34. The average Bonchev–Trinajstić information content (AvgIpc) is 2.48. The van der Waals surface area contributed by atoms with Crippen LogP contribution in [0, 0.1) is 0 Å². The Labute approximate surface area is 112 Å². The van der Waals surface area contributed by atoms with E-state index in [0.717, 1.165) is 11.3 Å². The predicted molar refractivity (Wildman–Crippen MR) is 72.2 cm³/mol. The lowest BCUT2D eigenvalue weighted by molar-refractivity contribution is 0.384. The smallest absolute Gasteiger partial charge is 0.236 e. The lowest BCUT2D eigenvalue weighted by atomic mass is 10.0. The van der Waals surface area contributed by atoms with Crippen LogP contribution in [0.25, 0.3) is 0 Å². The van der Waals surface area contributed by atoms with Gasteiger partial charge >= 0.3 is 0 Å². The lowest BCUT2D eigenvalue weighted by Gasteiger charge is -2.13. The third-order valence-electron chi connectivity index (χ3n) is 2.85. The van der Waals surface area contributed by atoms with E-state index in [9.17, 15) is 0 Å². The predicted octanol–water partition coefficient (Wildman–Crippen LogP) is 1.74. The van der Waals surface area contributed by atoms with E-state index in [1.54, 1.807) is 26.6 Å². The number of hydrogen-bond acceptors (Lipinski definition) is 5. The Balaban J connectivity index is 2.13. The molecule has 2 rings (SSSR count). The number of nitrogens with zero attached hydrogens (tertiary/aromatic N) is 2. The summed E-state index contributed by atoms with van der Waals surface area (Å²) in [6.07, 6.45) is 3.87. The molecule has 5 heteroatoms. The highest BCUT2D eigenvalue weighted by Crippen LogP contribution is 2.22. The highest BCUT2D eigenvalue weighted by atomic mass is 16.5. The molecule has 0 bridgehead atoms. The van der Waals surface area contributed by atoms with Crippen molar-refractivity contribution >= 4 is 0 Å². The minimum atomic E-state index is -0.253. The van der Waals surface area contributed by atoms with Gasteiger partial charge in [0.05, 0.1) is 20.3 Å². The molecule has 1 unspecified atom stereocenters. The maximum atomic E-state index is 6.16. The fourth-order valence-electron chi connectivity index (χ4n) is 1.86. The van der Waals surface area contributed by atoms with Crippen LogP contribution in [-0.4, -0.2) is 24.2 Å². The summed E-state index contributed by atoms with van der Waals surface area (Å²) in [5.74, 6) is 1.30. The number of benzene rings is 1. The summed E-state index contributed by atoms with van der Waals surface area (Å²) in [6, 6.07) is 7.55. The quantitative estimate of drug-likeness (QED) is 0.885. The second kappa shape index (κ2) is 6.15. The number of hydrogen-bond donors (Lipinski definition) is 1. The summed E-state index contributed by atoms with van der Waals surface area (Å²) in [6.45, 7) is 0. The molecule has 0 spiro atoms. The number of rotatable bonds is 5. The van der Waals surface area contributed by atoms with E-state index < -0.39 is 0 Å². The monoisotopic (exact) mass is 259 g/mol. The first-order valence-corrected chi connectivity index (χ1v) is 5.98. The fraction of sp³-hybridized carbons (Fsp3) is 0.286. The van der Waals surface area contributed by atoms with Crippen LogP contribution in [0.2, 0.25) is 0 Å². The molecule has 100 valence electrons. The second-order valence-electron chi connectivity index (χ2n) is 4.11. The molecule has 0 aliphatic rings. The van der Waals surface area contributed by atoms with Gasteiger partial charge in [-0.05, 0) is 24.1 Å². The Morgan fingerprint density at radius 3 is 2.37 bits per heavy atom. The summed E-state index contributed by atoms with van der Waals surface area (Å²) in [7, 11) is 3.21. The third-order valence-corrected chi connectivity index (χ3v) is 2.85. The molecular formula is C14H17N3O2. The highest BCUT2D eigenvalue weighted by Gasteiger charge is 2.14. The lowest BCUT2D eigenvalue weighted by Crippen LogP contribution is -2.16. The van der Waals surface area contributed by atoms with Gasteiger partial charge in [-0.2, -0.15) is 0 Å². The highest BCUT2D eigenvalue weighted by molar-refractivity contribution is 5.29. The summed E-state index contributed by atoms with van der Waals surface area (Å²) in [5, 5.41) is 0. The topological polar surface area (TPSA) is 70.3 Å². The normalized spacial score (nSPS) is 11.9. The van der Waals surface area contributed by atoms with Gasteiger partial charge in [-0.3, -0.25) is 4.98 Å². The number of nitrogens with two attached hydrogens (primary N) is 1. The van der Waals surface area contributed by atoms with Crippen LogP contribution in [0.4, 0.5) is 0 Å². The molecule has 1 aromatic carbocycles. The van der Waals surface area contributed by atoms with Gasteiger partial charge in [-0.15, -0.1) is 0 Å². The molecule has 1 heterocycles. The molecule has 1 aromatic heterocycles. The maximum Gasteiger partial charge on any atom is 0.236 e. The Hall–Kier alpha value is -2.14. The number of ether oxygens (including phenoxy) is 2. The molecule has 1 atom stereocenters. The molecule has 2 N–H and O–H groups in total. The maximum absolute atomic E-state index is 6.16. The van der Waals surface area contributed by atoms with Crippen molar-refractivity contribution in [2.45, 2.75) is 12.5 Å². The Morgan fingerprint density at radius 1 is 1.05 bits per heavy atom. The van der Waals surface area contributed by atoms with Gasteiger partial charge < -0.3 is 15.2 Å². The molecule has 0 saturated carbocycles. The van der Waals surface area contributed by atoms with Crippen molar-refractivity contribution in [2.75, 3.05) is 14.2 Å². The second-order valence-corrected chi connectivity index (χ2v) is 4.11. The van der Waals surface area contributed by atoms with Crippen LogP contribution < -0.4 is 15.2 Å². The zero-order chi connectivity index (χ0) is 13.7. The van der Waals surface area contributed by atoms with Crippen LogP contribution in [0.5, 0.6) is 11.6 Å². The Kier molecular flexibility index (Phi) is 4.30. The van der Waals surface area contributed by atoms with Crippen molar-refractivity contribution in [3.63, 3.8) is 0 Å². The zero-order valence-corrected chi connectivity index (χ0v) is 11.0. The van der Waals surface area contributed by atoms with E-state index in [1.807, 2.05) is 24.3 Å². The third kappa shape index (κ3) is 3.20. The molecule has 0 aliphatic carbocycles. The van der Waals surface area contributed by atoms with Gasteiger partial charge in [0.25, 0.3) is 0 Å². The van der Waals surface area contributed by atoms with E-state index in [0.29, 0.717) is 18.0 Å². The Morgan fingerprint density at radius 2 is 1.74 bits per heavy atom. The van der Waals surface area contributed by atoms with Gasteiger partial charge in [0.15, 0.2) is 0 Å². The van der Waals surface area contributed by atoms with E-state index >= 15 is 0 Å². The molecule has 0 fully saturated rings. The van der Waals surface area contributed by atoms with E-state index in [4.69, 9.17) is 15.2 Å². The van der Waals surface area contributed by atoms with Crippen LogP contribution in [0.15, 0.2) is 36.7 Å². The van der Waals surface area contributed by atoms with Crippen molar-refractivity contribution in [3.8, 4) is 11.6 Å². The molecule has 5 nitrogen and oxygen atoms in total. The van der Waals surface area contributed by atoms with Gasteiger partial charge in [-0.1, -0.05) is 12.1 Å². The van der Waals surface area contributed by atoms with E-state index in [1.165, 1.54) is 0 Å². The summed E-state index contributed by atoms with van der Waals surface area (Å²) < 4.78 is 10.3. The van der Waals surface area contributed by atoms with Crippen molar-refractivity contribution in [3.05, 3.63) is 47.9 Å². The first kappa shape index (κ1) is 13.3. The SMILES string of the molecule is COc1ccc(CC(N)c2nccnc2OC)cc1. The van der Waals surface area contributed by atoms with Crippen molar-refractivity contribution < 1.29 is 9.47 Å². The van der Waals surface area contributed by atoms with Gasteiger partial charge in [0.1, 0.15) is 11.4 Å². The average molecular weight is 259 g/mol. The van der Waals surface area contributed by atoms with Gasteiger partial charge in [0, 0.05) is 12.4 Å². The largest absolute Gasteiger partial charge is 0.497 e. The van der Waals surface area contributed by atoms with E-state index in [-0.39, 0.29) is 6.04 Å². The molecule has 19 heavy (non-hydrogen) atoms. The fourth-order valence-corrected chi connectivity index (χ4v) is 1.86. The van der Waals surface area contributed by atoms with E-state index in [2.05, 4.69) is 9.97 Å². The summed E-state index contributed by atoms with van der Waals surface area (Å²) in [5.41, 5.74) is 7.94. The van der Waals surface area contributed by atoms with Crippen LogP contribution >= 0.6 is 0 Å². The van der Waals surface area contributed by atoms with Crippen LogP contribution in [0.3, 0.4) is 0 Å². The van der Waals surface area contributed by atoms with Crippen molar-refractivity contribution in [2.24, 2.45) is 5.73 Å². The zero-order valence-electron chi connectivity index (χ0n) is 11.0. The minimum Gasteiger partial charge on any atom is -0.497 e. The number of aromatic nitrogens is 2. The molecule has 2 aromatic rings. The van der Waals surface area contributed by atoms with Gasteiger partial charge in [0.2, 0.25) is 5.88 Å². The molecule has 0 amide bonds. The minimum absolute atomic E-state index is 0.253. The summed E-state index contributed by atoms with van der Waals surface area (Å²) >= 11 is 0. The Bertz CT molecular complexity index is 528. The van der Waals surface area contributed by atoms with Crippen LogP contribution in [0.1, 0.15) is 17.3 Å². The molecule has 0 radical (unpaired) electrons. The van der Waals surface area contributed by atoms with Crippen molar-refractivity contribution in [1.29, 1.82) is 0 Å². The standard InChI is InChI=1S/C14H17N3O2/c1-18-11-5-3-10(4-6-11)9-12(15)13-14(19-2)17-8-7-16-13/h3-8,12H,9,15H2,1-2H3. The van der Waals surface area contributed by atoms with Crippen LogP contribution in [-0.2, 0) is 6.42 Å². The number of methoxy groups -OCH3 is 2. The molecular weight excluding hydrogens is 242 g/mol.